The number of amidine groups is 1. The Kier molecular flexibility index (Phi) is 6.28. The smallest absolute Gasteiger partial charge is 0.348 e. The third-order valence-corrected chi connectivity index (χ3v) is 8.08. The number of carbonyl (C=O) groups excluding carboxylic acids is 2. The first-order valence-corrected chi connectivity index (χ1v) is 12.9. The van der Waals surface area contributed by atoms with E-state index >= 15 is 0 Å². The number of amides is 1. The first kappa shape index (κ1) is 22.8. The molecule has 4 rings (SSSR count). The van der Waals surface area contributed by atoms with Crippen molar-refractivity contribution in [2.24, 2.45) is 4.40 Å². The average molecular weight is 496 g/mol. The maximum absolute atomic E-state index is 12.9. The average Bonchev–Trinajstić information content (AvgIpc) is 2.93. The van der Waals surface area contributed by atoms with Crippen molar-refractivity contribution in [1.29, 1.82) is 0 Å². The summed E-state index contributed by atoms with van der Waals surface area (Å²) in [6, 6.07) is 4.46. The van der Waals surface area contributed by atoms with E-state index in [0.717, 1.165) is 30.6 Å². The number of nitrogens with zero attached hydrogens (tertiary/aromatic N) is 2. The van der Waals surface area contributed by atoms with Gasteiger partial charge in [-0.3, -0.25) is 4.79 Å². The first-order chi connectivity index (χ1) is 15.2. The number of fused-ring (bicyclic) bond motifs is 3. The number of thiophene rings is 1. The van der Waals surface area contributed by atoms with Gasteiger partial charge in [0.05, 0.1) is 27.9 Å². The molecule has 0 aliphatic carbocycles. The van der Waals surface area contributed by atoms with Crippen LogP contribution < -0.4 is 10.2 Å². The Morgan fingerprint density at radius 2 is 2.03 bits per heavy atom. The van der Waals surface area contributed by atoms with Crippen molar-refractivity contribution in [3.8, 4) is 0 Å². The number of esters is 1. The van der Waals surface area contributed by atoms with Gasteiger partial charge in [0.25, 0.3) is 15.9 Å². The summed E-state index contributed by atoms with van der Waals surface area (Å²) in [6.45, 7) is 4.36. The van der Waals surface area contributed by atoms with Gasteiger partial charge < -0.3 is 15.0 Å². The SMILES string of the molecule is CCOC(=O)c1sc(NC(=O)c2cc3c(cc2Cl)N2CCCCCC2=NS3(=O)=O)cc1C. The number of hydrogen-bond donors (Lipinski definition) is 1. The predicted octanol–water partition coefficient (Wildman–Crippen LogP) is 4.62. The Balaban J connectivity index is 1.66. The molecule has 1 aromatic carbocycles. The van der Waals surface area contributed by atoms with E-state index in [4.69, 9.17) is 16.3 Å². The van der Waals surface area contributed by atoms with Gasteiger partial charge >= 0.3 is 5.97 Å². The molecule has 32 heavy (non-hydrogen) atoms. The highest BCUT2D eigenvalue weighted by Gasteiger charge is 2.33. The normalized spacial score (nSPS) is 17.0. The van der Waals surface area contributed by atoms with Gasteiger partial charge in [0.15, 0.2) is 0 Å². The summed E-state index contributed by atoms with van der Waals surface area (Å²) in [7, 11) is -3.95. The maximum Gasteiger partial charge on any atom is 0.348 e. The number of nitrogens with one attached hydrogen (secondary N) is 1. The second kappa shape index (κ2) is 8.84. The van der Waals surface area contributed by atoms with Crippen LogP contribution in [0.2, 0.25) is 5.02 Å². The molecule has 2 aliphatic heterocycles. The summed E-state index contributed by atoms with van der Waals surface area (Å²) in [5.41, 5.74) is 1.15. The summed E-state index contributed by atoms with van der Waals surface area (Å²) in [5, 5.41) is 3.27. The maximum atomic E-state index is 12.9. The zero-order valence-electron chi connectivity index (χ0n) is 17.6. The van der Waals surface area contributed by atoms with Crippen LogP contribution in [0, 0.1) is 6.92 Å². The van der Waals surface area contributed by atoms with E-state index in [1.54, 1.807) is 19.9 Å². The van der Waals surface area contributed by atoms with Gasteiger partial charge in [-0.05, 0) is 50.5 Å². The third kappa shape index (κ3) is 4.26. The van der Waals surface area contributed by atoms with Gasteiger partial charge in [-0.15, -0.1) is 15.7 Å². The lowest BCUT2D eigenvalue weighted by molar-refractivity contribution is 0.0531. The molecule has 1 amide bonds. The predicted molar refractivity (Wildman–Crippen MR) is 125 cm³/mol. The summed E-state index contributed by atoms with van der Waals surface area (Å²) < 4.78 is 34.7. The van der Waals surface area contributed by atoms with E-state index in [-0.39, 0.29) is 22.1 Å². The van der Waals surface area contributed by atoms with Crippen LogP contribution in [0.5, 0.6) is 0 Å². The molecule has 1 saturated heterocycles. The largest absolute Gasteiger partial charge is 0.462 e. The van der Waals surface area contributed by atoms with Crippen LogP contribution in [0.1, 0.15) is 58.2 Å². The second-order valence-electron chi connectivity index (χ2n) is 7.54. The van der Waals surface area contributed by atoms with E-state index < -0.39 is 21.9 Å². The number of carbonyl (C=O) groups is 2. The van der Waals surface area contributed by atoms with Crippen LogP contribution in [-0.2, 0) is 14.8 Å². The fourth-order valence-corrected chi connectivity index (χ4v) is 6.26. The van der Waals surface area contributed by atoms with E-state index in [1.807, 2.05) is 4.90 Å². The lowest BCUT2D eigenvalue weighted by Gasteiger charge is -2.30. The van der Waals surface area contributed by atoms with Gasteiger partial charge in [0, 0.05) is 13.0 Å². The lowest BCUT2D eigenvalue weighted by atomic mass is 10.1. The van der Waals surface area contributed by atoms with E-state index in [0.29, 0.717) is 39.9 Å². The van der Waals surface area contributed by atoms with E-state index in [2.05, 4.69) is 9.71 Å². The molecule has 11 heteroatoms. The molecule has 0 atom stereocenters. The van der Waals surface area contributed by atoms with Gasteiger partial charge in [0.1, 0.15) is 15.6 Å². The van der Waals surface area contributed by atoms with E-state index in [9.17, 15) is 18.0 Å². The molecule has 2 aliphatic rings. The molecule has 0 bridgehead atoms. The second-order valence-corrected chi connectivity index (χ2v) is 10.6. The molecule has 0 radical (unpaired) electrons. The van der Waals surface area contributed by atoms with Crippen molar-refractivity contribution in [2.45, 2.75) is 44.4 Å². The minimum atomic E-state index is -3.95. The highest BCUT2D eigenvalue weighted by atomic mass is 35.5. The van der Waals surface area contributed by atoms with E-state index in [1.165, 1.54) is 12.1 Å². The molecule has 1 N–H and O–H groups in total. The minimum Gasteiger partial charge on any atom is -0.462 e. The number of aryl methyl sites for hydroxylation is 1. The summed E-state index contributed by atoms with van der Waals surface area (Å²) in [6.07, 6.45) is 3.37. The zero-order valence-corrected chi connectivity index (χ0v) is 20.0. The minimum absolute atomic E-state index is 0.0196. The first-order valence-electron chi connectivity index (χ1n) is 10.2. The molecule has 1 aromatic heterocycles. The van der Waals surface area contributed by atoms with Crippen molar-refractivity contribution in [3.05, 3.63) is 39.2 Å². The van der Waals surface area contributed by atoms with Gasteiger partial charge in [0.2, 0.25) is 0 Å². The van der Waals surface area contributed by atoms with Crippen LogP contribution in [0.3, 0.4) is 0 Å². The molecule has 1 fully saturated rings. The molecule has 0 spiro atoms. The monoisotopic (exact) mass is 495 g/mol. The van der Waals surface area contributed by atoms with Crippen molar-refractivity contribution in [3.63, 3.8) is 0 Å². The zero-order chi connectivity index (χ0) is 23.0. The molecule has 0 saturated carbocycles. The Morgan fingerprint density at radius 1 is 1.25 bits per heavy atom. The van der Waals surface area contributed by atoms with Crippen LogP contribution in [-0.4, -0.2) is 39.3 Å². The summed E-state index contributed by atoms with van der Waals surface area (Å²) in [5.74, 6) is -0.515. The Labute approximate surface area is 195 Å². The van der Waals surface area contributed by atoms with Crippen molar-refractivity contribution in [1.82, 2.24) is 0 Å². The molecule has 170 valence electrons. The van der Waals surface area contributed by atoms with Crippen LogP contribution in [0.4, 0.5) is 10.7 Å². The highest BCUT2D eigenvalue weighted by molar-refractivity contribution is 7.90. The summed E-state index contributed by atoms with van der Waals surface area (Å²) in [4.78, 5) is 27.2. The van der Waals surface area contributed by atoms with Crippen molar-refractivity contribution >= 4 is 61.4 Å². The van der Waals surface area contributed by atoms with Crippen molar-refractivity contribution < 1.29 is 22.7 Å². The van der Waals surface area contributed by atoms with Gasteiger partial charge in [-0.1, -0.05) is 18.0 Å². The number of halogens is 1. The molecular formula is C21H22ClN3O5S2. The van der Waals surface area contributed by atoms with Crippen molar-refractivity contribution in [2.75, 3.05) is 23.4 Å². The fourth-order valence-electron chi connectivity index (χ4n) is 3.79. The van der Waals surface area contributed by atoms with Crippen LogP contribution >= 0.6 is 22.9 Å². The van der Waals surface area contributed by atoms with Gasteiger partial charge in [-0.2, -0.15) is 8.42 Å². The van der Waals surface area contributed by atoms with Gasteiger partial charge in [-0.25, -0.2) is 4.79 Å². The number of hydrogen-bond acceptors (Lipinski definition) is 7. The Bertz CT molecular complexity index is 1240. The highest BCUT2D eigenvalue weighted by Crippen LogP contribution is 2.38. The summed E-state index contributed by atoms with van der Waals surface area (Å²) >= 11 is 7.51. The Morgan fingerprint density at radius 3 is 2.78 bits per heavy atom. The number of anilines is 2. The third-order valence-electron chi connectivity index (χ3n) is 5.30. The quantitative estimate of drug-likeness (QED) is 0.620. The number of ether oxygens (including phenoxy) is 1. The molecule has 0 unspecified atom stereocenters. The lowest BCUT2D eigenvalue weighted by Crippen LogP contribution is -2.35. The molecule has 8 nitrogen and oxygen atoms in total. The fraction of sp³-hybridized carbons (Fsp3) is 0.381. The van der Waals surface area contributed by atoms with Crippen LogP contribution in [0.15, 0.2) is 27.5 Å². The Hall–Kier alpha value is -2.43. The molecule has 3 heterocycles. The number of rotatable bonds is 4. The standard InChI is InChI=1S/C21H22ClN3O5S2/c1-3-30-21(27)19-12(2)9-18(31-19)23-20(26)13-10-16-15(11-14(13)22)25-8-6-4-5-7-17(25)24-32(16,28)29/h9-11H,3-8H2,1-2H3,(H,23,26). The number of sulfonamides is 1. The van der Waals surface area contributed by atoms with Crippen LogP contribution in [0.25, 0.3) is 0 Å². The molecule has 2 aromatic rings. The number of benzene rings is 1. The topological polar surface area (TPSA) is 105 Å². The molecular weight excluding hydrogens is 474 g/mol.